The second kappa shape index (κ2) is 9.30. The second-order valence-electron chi connectivity index (χ2n) is 5.15. The van der Waals surface area contributed by atoms with Gasteiger partial charge >= 0.3 is 5.97 Å². The second-order valence-corrected chi connectivity index (χ2v) is 5.99. The molecule has 0 aliphatic rings. The van der Waals surface area contributed by atoms with Gasteiger partial charge in [-0.25, -0.2) is 4.79 Å². The van der Waals surface area contributed by atoms with Gasteiger partial charge in [0.1, 0.15) is 0 Å². The van der Waals surface area contributed by atoms with Crippen molar-refractivity contribution < 1.29 is 14.3 Å². The van der Waals surface area contributed by atoms with Crippen LogP contribution in [0.25, 0.3) is 0 Å². The van der Waals surface area contributed by atoms with E-state index in [9.17, 15) is 9.59 Å². The molecule has 0 saturated heterocycles. The molecule has 0 saturated carbocycles. The summed E-state index contributed by atoms with van der Waals surface area (Å²) >= 11 is 11.9. The monoisotopic (exact) mass is 380 g/mol. The molecule has 0 aliphatic carbocycles. The number of nitrogens with one attached hydrogen (secondary N) is 2. The predicted molar refractivity (Wildman–Crippen MR) is 101 cm³/mol. The van der Waals surface area contributed by atoms with Gasteiger partial charge in [0.2, 0.25) is 5.91 Å². The number of rotatable bonds is 7. The highest BCUT2D eigenvalue weighted by molar-refractivity contribution is 6.35. The van der Waals surface area contributed by atoms with Gasteiger partial charge in [-0.05, 0) is 49.4 Å². The van der Waals surface area contributed by atoms with Crippen LogP contribution in [0, 0.1) is 0 Å². The normalized spacial score (nSPS) is 10.2. The summed E-state index contributed by atoms with van der Waals surface area (Å²) in [5.41, 5.74) is 1.78. The molecule has 25 heavy (non-hydrogen) atoms. The summed E-state index contributed by atoms with van der Waals surface area (Å²) in [5.74, 6) is -0.536. The largest absolute Gasteiger partial charge is 0.462 e. The molecule has 2 aromatic carbocycles. The van der Waals surface area contributed by atoms with Gasteiger partial charge in [-0.3, -0.25) is 4.79 Å². The maximum absolute atomic E-state index is 12.0. The molecule has 2 N–H and O–H groups in total. The highest BCUT2D eigenvalue weighted by Gasteiger charge is 2.08. The number of carbonyl (C=O) groups is 2. The van der Waals surface area contributed by atoms with Crippen LogP contribution in [-0.4, -0.2) is 25.0 Å². The van der Waals surface area contributed by atoms with Crippen LogP contribution in [-0.2, 0) is 9.53 Å². The summed E-state index contributed by atoms with van der Waals surface area (Å²) in [5, 5.41) is 6.76. The summed E-state index contributed by atoms with van der Waals surface area (Å²) < 4.78 is 4.92. The number of esters is 1. The Hall–Kier alpha value is -2.24. The minimum atomic E-state index is -0.355. The first-order valence-corrected chi connectivity index (χ1v) is 8.51. The molecule has 0 spiro atoms. The zero-order valence-electron chi connectivity index (χ0n) is 13.6. The Balaban J connectivity index is 1.81. The molecule has 0 fully saturated rings. The fourth-order valence-electron chi connectivity index (χ4n) is 2.06. The van der Waals surface area contributed by atoms with Crippen molar-refractivity contribution in [1.29, 1.82) is 0 Å². The number of hydrogen-bond acceptors (Lipinski definition) is 4. The molecule has 0 bridgehead atoms. The van der Waals surface area contributed by atoms with Crippen LogP contribution >= 0.6 is 23.2 Å². The van der Waals surface area contributed by atoms with Crippen LogP contribution in [0.3, 0.4) is 0 Å². The van der Waals surface area contributed by atoms with Gasteiger partial charge in [0, 0.05) is 23.7 Å². The van der Waals surface area contributed by atoms with E-state index in [1.165, 1.54) is 0 Å². The standard InChI is InChI=1S/C18H18Cl2N2O3/c1-2-25-18(24)12-3-6-14(7-4-12)21-10-9-17(23)22-16-11-13(19)5-8-15(16)20/h3-8,11,21H,2,9-10H2,1H3,(H,22,23). The Kier molecular flexibility index (Phi) is 7.10. The molecule has 2 rings (SSSR count). The first-order valence-electron chi connectivity index (χ1n) is 7.75. The maximum Gasteiger partial charge on any atom is 0.338 e. The van der Waals surface area contributed by atoms with Gasteiger partial charge in [0.15, 0.2) is 0 Å². The van der Waals surface area contributed by atoms with Gasteiger partial charge in [-0.15, -0.1) is 0 Å². The third kappa shape index (κ3) is 5.96. The van der Waals surface area contributed by atoms with Crippen LogP contribution in [0.2, 0.25) is 10.0 Å². The molecule has 7 heteroatoms. The Morgan fingerprint density at radius 1 is 1.08 bits per heavy atom. The van der Waals surface area contributed by atoms with E-state index in [1.807, 2.05) is 0 Å². The van der Waals surface area contributed by atoms with Gasteiger partial charge in [-0.2, -0.15) is 0 Å². The predicted octanol–water partition coefficient (Wildman–Crippen LogP) is 4.61. The van der Waals surface area contributed by atoms with E-state index < -0.39 is 0 Å². The van der Waals surface area contributed by atoms with Crippen molar-refractivity contribution in [2.75, 3.05) is 23.8 Å². The van der Waals surface area contributed by atoms with E-state index >= 15 is 0 Å². The fraction of sp³-hybridized carbons (Fsp3) is 0.222. The van der Waals surface area contributed by atoms with Crippen molar-refractivity contribution in [2.24, 2.45) is 0 Å². The number of carbonyl (C=O) groups excluding carboxylic acids is 2. The molecular weight excluding hydrogens is 363 g/mol. The Labute approximate surface area is 156 Å². The van der Waals surface area contributed by atoms with E-state index in [1.54, 1.807) is 49.4 Å². The summed E-state index contributed by atoms with van der Waals surface area (Å²) in [6, 6.07) is 11.8. The molecule has 0 atom stereocenters. The smallest absolute Gasteiger partial charge is 0.338 e. The first kappa shape index (κ1) is 19.1. The molecule has 1 amide bonds. The lowest BCUT2D eigenvalue weighted by molar-refractivity contribution is -0.115. The van der Waals surface area contributed by atoms with Gasteiger partial charge < -0.3 is 15.4 Å². The van der Waals surface area contributed by atoms with Crippen LogP contribution in [0.4, 0.5) is 11.4 Å². The molecule has 0 heterocycles. The van der Waals surface area contributed by atoms with Crippen LogP contribution in [0.15, 0.2) is 42.5 Å². The quantitative estimate of drug-likeness (QED) is 0.688. The summed E-state index contributed by atoms with van der Waals surface area (Å²) in [6.07, 6.45) is 0.252. The fourth-order valence-corrected chi connectivity index (χ4v) is 2.40. The topological polar surface area (TPSA) is 67.4 Å². The SMILES string of the molecule is CCOC(=O)c1ccc(NCCC(=O)Nc2cc(Cl)ccc2Cl)cc1. The molecule has 0 unspecified atom stereocenters. The molecule has 0 aromatic heterocycles. The minimum Gasteiger partial charge on any atom is -0.462 e. The summed E-state index contributed by atoms with van der Waals surface area (Å²) in [6.45, 7) is 2.53. The zero-order chi connectivity index (χ0) is 18.2. The first-order chi connectivity index (χ1) is 12.0. The lowest BCUT2D eigenvalue weighted by Gasteiger charge is -2.09. The third-order valence-electron chi connectivity index (χ3n) is 3.28. The highest BCUT2D eigenvalue weighted by atomic mass is 35.5. The number of amides is 1. The minimum absolute atomic E-state index is 0.181. The van der Waals surface area contributed by atoms with Crippen molar-refractivity contribution in [3.8, 4) is 0 Å². The zero-order valence-corrected chi connectivity index (χ0v) is 15.2. The molecule has 132 valence electrons. The van der Waals surface area contributed by atoms with Crippen molar-refractivity contribution in [2.45, 2.75) is 13.3 Å². The van der Waals surface area contributed by atoms with Crippen LogP contribution < -0.4 is 10.6 Å². The lowest BCUT2D eigenvalue weighted by atomic mass is 10.2. The van der Waals surface area contributed by atoms with Crippen LogP contribution in [0.5, 0.6) is 0 Å². The van der Waals surface area contributed by atoms with Crippen molar-refractivity contribution in [3.63, 3.8) is 0 Å². The van der Waals surface area contributed by atoms with E-state index in [0.29, 0.717) is 34.4 Å². The molecule has 2 aromatic rings. The Bertz CT molecular complexity index is 748. The highest BCUT2D eigenvalue weighted by Crippen LogP contribution is 2.25. The van der Waals surface area contributed by atoms with E-state index in [-0.39, 0.29) is 18.3 Å². The van der Waals surface area contributed by atoms with Crippen molar-refractivity contribution in [3.05, 3.63) is 58.1 Å². The average Bonchev–Trinajstić information content (AvgIpc) is 2.59. The molecule has 5 nitrogen and oxygen atoms in total. The van der Waals surface area contributed by atoms with E-state index in [0.717, 1.165) is 5.69 Å². The van der Waals surface area contributed by atoms with Crippen molar-refractivity contribution >= 4 is 46.5 Å². The number of halogens is 2. The summed E-state index contributed by atoms with van der Waals surface area (Å²) in [7, 11) is 0. The van der Waals surface area contributed by atoms with E-state index in [2.05, 4.69) is 10.6 Å². The van der Waals surface area contributed by atoms with Crippen LogP contribution in [0.1, 0.15) is 23.7 Å². The van der Waals surface area contributed by atoms with Gasteiger partial charge in [-0.1, -0.05) is 23.2 Å². The Morgan fingerprint density at radius 2 is 1.80 bits per heavy atom. The van der Waals surface area contributed by atoms with E-state index in [4.69, 9.17) is 27.9 Å². The van der Waals surface area contributed by atoms with Gasteiger partial charge in [0.05, 0.1) is 22.9 Å². The third-order valence-corrected chi connectivity index (χ3v) is 3.84. The summed E-state index contributed by atoms with van der Waals surface area (Å²) in [4.78, 5) is 23.5. The molecule has 0 aliphatic heterocycles. The number of anilines is 2. The van der Waals surface area contributed by atoms with Gasteiger partial charge in [0.25, 0.3) is 0 Å². The number of hydrogen-bond donors (Lipinski definition) is 2. The average molecular weight is 381 g/mol. The van der Waals surface area contributed by atoms with Crippen molar-refractivity contribution in [1.82, 2.24) is 0 Å². The number of ether oxygens (including phenoxy) is 1. The molecular formula is C18H18Cl2N2O3. The number of benzene rings is 2. The maximum atomic E-state index is 12.0. The lowest BCUT2D eigenvalue weighted by Crippen LogP contribution is -2.16. The Morgan fingerprint density at radius 3 is 2.48 bits per heavy atom. The molecule has 0 radical (unpaired) electrons.